The first-order chi connectivity index (χ1) is 16.5. The Morgan fingerprint density at radius 1 is 1.15 bits per heavy atom. The first-order valence-corrected chi connectivity index (χ1v) is 12.2. The number of aromatic nitrogens is 4. The smallest absolute Gasteiger partial charge is 0.410 e. The summed E-state index contributed by atoms with van der Waals surface area (Å²) in [5, 5.41) is 15.5. The van der Waals surface area contributed by atoms with Gasteiger partial charge < -0.3 is 25.0 Å². The summed E-state index contributed by atoms with van der Waals surface area (Å²) < 4.78 is 12.9. The summed E-state index contributed by atoms with van der Waals surface area (Å²) in [6.45, 7) is 11.4. The molecule has 0 spiro atoms. The summed E-state index contributed by atoms with van der Waals surface area (Å²) in [6, 6.07) is 5.46. The third kappa shape index (κ3) is 5.92. The molecule has 0 atom stereocenters. The van der Waals surface area contributed by atoms with E-state index in [0.29, 0.717) is 49.0 Å². The minimum atomic E-state index is -0.371. The highest BCUT2D eigenvalue weighted by Gasteiger charge is 2.20. The van der Waals surface area contributed by atoms with Gasteiger partial charge in [0.1, 0.15) is 11.6 Å². The molecule has 1 amide bonds. The van der Waals surface area contributed by atoms with Crippen molar-refractivity contribution < 1.29 is 14.3 Å². The lowest BCUT2D eigenvalue weighted by molar-refractivity contribution is 0.0416. The Balaban J connectivity index is 1.43. The predicted molar refractivity (Wildman–Crippen MR) is 131 cm³/mol. The predicted octanol–water partition coefficient (Wildman–Crippen LogP) is 3.24. The first kappa shape index (κ1) is 24.2. The van der Waals surface area contributed by atoms with Crippen molar-refractivity contribution in [2.75, 3.05) is 51.3 Å². The molecule has 0 bridgehead atoms. The number of nitrogens with one attached hydrogen (secondary N) is 2. The number of amides is 1. The van der Waals surface area contributed by atoms with Gasteiger partial charge in [-0.05, 0) is 57.3 Å². The Morgan fingerprint density at radius 2 is 1.94 bits per heavy atom. The lowest BCUT2D eigenvalue weighted by atomic mass is 10.1. The highest BCUT2D eigenvalue weighted by atomic mass is 16.6. The van der Waals surface area contributed by atoms with Crippen LogP contribution in [0.15, 0.2) is 18.2 Å². The van der Waals surface area contributed by atoms with Crippen molar-refractivity contribution in [3.8, 4) is 5.75 Å². The maximum absolute atomic E-state index is 12.5. The van der Waals surface area contributed by atoms with E-state index in [4.69, 9.17) is 14.5 Å². The molecule has 0 unspecified atom stereocenters. The molecule has 4 rings (SSSR count). The second kappa shape index (κ2) is 11.4. The van der Waals surface area contributed by atoms with E-state index >= 15 is 0 Å². The maximum atomic E-state index is 12.5. The number of fused-ring (bicyclic) bond motifs is 3. The third-order valence-corrected chi connectivity index (χ3v) is 5.90. The Hall–Kier alpha value is -2.98. The van der Waals surface area contributed by atoms with Crippen LogP contribution in [0, 0.1) is 12.8 Å². The first-order valence-electron chi connectivity index (χ1n) is 12.2. The molecule has 1 saturated heterocycles. The van der Waals surface area contributed by atoms with E-state index in [1.54, 1.807) is 17.0 Å². The zero-order chi connectivity index (χ0) is 23.9. The zero-order valence-corrected chi connectivity index (χ0v) is 20.3. The fourth-order valence-corrected chi connectivity index (χ4v) is 3.95. The number of nitrogens with zero attached hydrogens (tertiary/aromatic N) is 5. The summed E-state index contributed by atoms with van der Waals surface area (Å²) in [5.74, 6) is 2.64. The van der Waals surface area contributed by atoms with Crippen LogP contribution in [0.2, 0.25) is 0 Å². The molecule has 2 N–H and O–H groups in total. The number of morpholine rings is 1. The van der Waals surface area contributed by atoms with Crippen LogP contribution in [-0.4, -0.2) is 76.5 Å². The Labute approximate surface area is 200 Å². The number of hydrogen-bond acceptors (Lipinski definition) is 8. The lowest BCUT2D eigenvalue weighted by Crippen LogP contribution is -2.42. The van der Waals surface area contributed by atoms with E-state index in [9.17, 15) is 4.79 Å². The second-order valence-electron chi connectivity index (χ2n) is 9.05. The van der Waals surface area contributed by atoms with E-state index in [1.807, 2.05) is 17.4 Å². The molecule has 10 heteroatoms. The minimum Gasteiger partial charge on any atom is -0.410 e. The molecule has 34 heavy (non-hydrogen) atoms. The number of aryl methyl sites for hydroxylation is 1. The molecule has 3 aromatic rings. The molecular formula is C24H35N7O3. The molecule has 1 aromatic carbocycles. The van der Waals surface area contributed by atoms with Gasteiger partial charge in [0.15, 0.2) is 5.82 Å². The van der Waals surface area contributed by atoms with Crippen molar-refractivity contribution in [1.82, 2.24) is 29.8 Å². The van der Waals surface area contributed by atoms with Crippen molar-refractivity contribution in [3.05, 3.63) is 24.0 Å². The molecule has 10 nitrogen and oxygen atoms in total. The van der Waals surface area contributed by atoms with Gasteiger partial charge in [0.2, 0.25) is 5.65 Å². The van der Waals surface area contributed by atoms with Crippen LogP contribution >= 0.6 is 0 Å². The number of carbonyl (C=O) groups excluding carboxylic acids is 1. The summed E-state index contributed by atoms with van der Waals surface area (Å²) in [5.41, 5.74) is 2.27. The number of hydrogen-bond donors (Lipinski definition) is 2. The topological polar surface area (TPSA) is 106 Å². The molecule has 3 heterocycles. The summed E-state index contributed by atoms with van der Waals surface area (Å²) in [7, 11) is 0. The molecule has 1 fully saturated rings. The lowest BCUT2D eigenvalue weighted by Gasteiger charge is -2.25. The summed E-state index contributed by atoms with van der Waals surface area (Å²) in [6.07, 6.45) is 2.94. The Kier molecular flexibility index (Phi) is 8.12. The van der Waals surface area contributed by atoms with Gasteiger partial charge in [-0.2, -0.15) is 0 Å². The number of rotatable bonds is 10. The Morgan fingerprint density at radius 3 is 2.74 bits per heavy atom. The van der Waals surface area contributed by atoms with Crippen LogP contribution in [0.4, 0.5) is 10.6 Å². The molecule has 0 saturated carbocycles. The molecule has 0 aliphatic carbocycles. The van der Waals surface area contributed by atoms with E-state index < -0.39 is 0 Å². The second-order valence-corrected chi connectivity index (χ2v) is 9.05. The average Bonchev–Trinajstić information content (AvgIpc) is 3.23. The quantitative estimate of drug-likeness (QED) is 0.436. The molecule has 1 aliphatic rings. The molecule has 184 valence electrons. The number of carbonyl (C=O) groups is 1. The molecule has 2 aromatic heterocycles. The zero-order valence-electron chi connectivity index (χ0n) is 20.3. The van der Waals surface area contributed by atoms with Crippen molar-refractivity contribution in [2.24, 2.45) is 5.92 Å². The SMILES string of the molecule is Cc1nnc2c(NCCCCNCCC(C)C)nc3cc(OC(=O)N4CCOCC4)ccc3n12. The summed E-state index contributed by atoms with van der Waals surface area (Å²) in [4.78, 5) is 18.9. The van der Waals surface area contributed by atoms with E-state index in [2.05, 4.69) is 34.7 Å². The van der Waals surface area contributed by atoms with Crippen LogP contribution in [0.1, 0.15) is 38.9 Å². The van der Waals surface area contributed by atoms with Crippen molar-refractivity contribution in [2.45, 2.75) is 40.0 Å². The Bertz CT molecular complexity index is 1110. The number of anilines is 1. The third-order valence-electron chi connectivity index (χ3n) is 5.90. The van der Waals surface area contributed by atoms with Gasteiger partial charge in [-0.15, -0.1) is 10.2 Å². The normalized spacial score (nSPS) is 14.3. The van der Waals surface area contributed by atoms with Gasteiger partial charge in [-0.25, -0.2) is 9.78 Å². The van der Waals surface area contributed by atoms with Crippen LogP contribution in [0.3, 0.4) is 0 Å². The van der Waals surface area contributed by atoms with E-state index in [1.165, 1.54) is 6.42 Å². The van der Waals surface area contributed by atoms with Crippen LogP contribution in [0.5, 0.6) is 5.75 Å². The molecular weight excluding hydrogens is 434 g/mol. The number of unbranched alkanes of at least 4 members (excludes halogenated alkanes) is 1. The monoisotopic (exact) mass is 469 g/mol. The highest BCUT2D eigenvalue weighted by Crippen LogP contribution is 2.25. The maximum Gasteiger partial charge on any atom is 0.415 e. The average molecular weight is 470 g/mol. The van der Waals surface area contributed by atoms with Gasteiger partial charge in [-0.1, -0.05) is 13.8 Å². The van der Waals surface area contributed by atoms with Crippen LogP contribution in [-0.2, 0) is 4.74 Å². The van der Waals surface area contributed by atoms with Crippen molar-refractivity contribution in [3.63, 3.8) is 0 Å². The van der Waals surface area contributed by atoms with Crippen molar-refractivity contribution in [1.29, 1.82) is 0 Å². The standard InChI is InChI=1S/C24H35N7O3/c1-17(2)8-11-25-9-4-5-10-26-22-23-29-28-18(3)31(23)21-7-6-19(16-20(21)27-22)34-24(32)30-12-14-33-15-13-30/h6-7,16-17,25H,4-5,8-15H2,1-3H3,(H,26,27). The fourth-order valence-electron chi connectivity index (χ4n) is 3.95. The van der Waals surface area contributed by atoms with Gasteiger partial charge in [0.05, 0.1) is 24.2 Å². The largest absolute Gasteiger partial charge is 0.415 e. The molecule has 0 radical (unpaired) electrons. The number of benzene rings is 1. The fraction of sp³-hybridized carbons (Fsp3) is 0.583. The van der Waals surface area contributed by atoms with Crippen LogP contribution in [0.25, 0.3) is 16.7 Å². The van der Waals surface area contributed by atoms with E-state index in [0.717, 1.165) is 49.7 Å². The van der Waals surface area contributed by atoms with Gasteiger partial charge in [-0.3, -0.25) is 4.40 Å². The van der Waals surface area contributed by atoms with Gasteiger partial charge in [0, 0.05) is 25.7 Å². The van der Waals surface area contributed by atoms with Gasteiger partial charge >= 0.3 is 6.09 Å². The number of ether oxygens (including phenoxy) is 2. The van der Waals surface area contributed by atoms with Crippen molar-refractivity contribution >= 4 is 28.6 Å². The minimum absolute atomic E-state index is 0.371. The van der Waals surface area contributed by atoms with Gasteiger partial charge in [0.25, 0.3) is 0 Å². The summed E-state index contributed by atoms with van der Waals surface area (Å²) >= 11 is 0. The van der Waals surface area contributed by atoms with Crippen LogP contribution < -0.4 is 15.4 Å². The van der Waals surface area contributed by atoms with E-state index in [-0.39, 0.29) is 6.09 Å². The highest BCUT2D eigenvalue weighted by molar-refractivity contribution is 5.84. The molecule has 1 aliphatic heterocycles.